The van der Waals surface area contributed by atoms with Gasteiger partial charge in [0.2, 0.25) is 0 Å². The van der Waals surface area contributed by atoms with Crippen molar-refractivity contribution < 1.29 is 9.47 Å². The van der Waals surface area contributed by atoms with E-state index >= 15 is 0 Å². The lowest BCUT2D eigenvalue weighted by Gasteiger charge is -2.19. The molecule has 0 aliphatic carbocycles. The lowest BCUT2D eigenvalue weighted by Crippen LogP contribution is -2.18. The molecule has 1 unspecified atom stereocenters. The van der Waals surface area contributed by atoms with Crippen molar-refractivity contribution in [3.63, 3.8) is 0 Å². The first-order chi connectivity index (χ1) is 8.24. The van der Waals surface area contributed by atoms with Gasteiger partial charge in [-0.15, -0.1) is 0 Å². The van der Waals surface area contributed by atoms with Gasteiger partial charge in [-0.25, -0.2) is 0 Å². The van der Waals surface area contributed by atoms with E-state index in [1.54, 1.807) is 14.2 Å². The Morgan fingerprint density at radius 3 is 2.47 bits per heavy atom. The van der Waals surface area contributed by atoms with Crippen LogP contribution >= 0.6 is 0 Å². The number of benzene rings is 1. The second kappa shape index (κ2) is 7.05. The molecule has 0 aliphatic rings. The number of ether oxygens (including phenoxy) is 2. The second-order valence-electron chi connectivity index (χ2n) is 4.10. The summed E-state index contributed by atoms with van der Waals surface area (Å²) in [5.41, 5.74) is 1.04. The fourth-order valence-electron chi connectivity index (χ4n) is 1.86. The van der Waals surface area contributed by atoms with Crippen molar-refractivity contribution in [1.82, 2.24) is 0 Å². The van der Waals surface area contributed by atoms with Gasteiger partial charge in [0.15, 0.2) is 0 Å². The van der Waals surface area contributed by atoms with Crippen molar-refractivity contribution in [2.45, 2.75) is 39.2 Å². The summed E-state index contributed by atoms with van der Waals surface area (Å²) < 4.78 is 10.6. The van der Waals surface area contributed by atoms with E-state index < -0.39 is 0 Å². The zero-order chi connectivity index (χ0) is 12.7. The molecule has 1 aromatic rings. The van der Waals surface area contributed by atoms with Crippen molar-refractivity contribution in [3.8, 4) is 11.5 Å². The molecule has 0 aromatic heterocycles. The molecular formula is C14H23NO2. The van der Waals surface area contributed by atoms with Gasteiger partial charge >= 0.3 is 0 Å². The van der Waals surface area contributed by atoms with E-state index in [9.17, 15) is 0 Å². The van der Waals surface area contributed by atoms with Gasteiger partial charge < -0.3 is 14.8 Å². The van der Waals surface area contributed by atoms with Crippen LogP contribution in [0.3, 0.4) is 0 Å². The fraction of sp³-hybridized carbons (Fsp3) is 0.571. The summed E-state index contributed by atoms with van der Waals surface area (Å²) in [4.78, 5) is 0. The smallest absolute Gasteiger partial charge is 0.145 e. The van der Waals surface area contributed by atoms with Crippen molar-refractivity contribution in [1.29, 1.82) is 0 Å². The summed E-state index contributed by atoms with van der Waals surface area (Å²) in [5, 5.41) is 3.52. The van der Waals surface area contributed by atoms with Gasteiger partial charge in [-0.2, -0.15) is 0 Å². The van der Waals surface area contributed by atoms with Gasteiger partial charge in [0.25, 0.3) is 0 Å². The molecule has 0 amide bonds. The molecule has 0 spiro atoms. The molecule has 1 aromatic carbocycles. The lowest BCUT2D eigenvalue weighted by molar-refractivity contribution is 0.395. The molecule has 0 radical (unpaired) electrons. The first-order valence-corrected chi connectivity index (χ1v) is 6.23. The van der Waals surface area contributed by atoms with Crippen molar-refractivity contribution >= 4 is 5.69 Å². The molecule has 0 heterocycles. The highest BCUT2D eigenvalue weighted by molar-refractivity contribution is 5.59. The molecule has 96 valence electrons. The molecular weight excluding hydrogens is 214 g/mol. The summed E-state index contributed by atoms with van der Waals surface area (Å²) in [5.74, 6) is 1.65. The molecule has 0 fully saturated rings. The molecule has 3 nitrogen and oxygen atoms in total. The first kappa shape index (κ1) is 13.7. The highest BCUT2D eigenvalue weighted by atomic mass is 16.5. The van der Waals surface area contributed by atoms with E-state index in [1.807, 2.05) is 18.2 Å². The van der Waals surface area contributed by atoms with E-state index in [0.29, 0.717) is 6.04 Å². The third-order valence-electron chi connectivity index (χ3n) is 2.90. The third-order valence-corrected chi connectivity index (χ3v) is 2.90. The molecule has 0 saturated heterocycles. The van der Waals surface area contributed by atoms with Gasteiger partial charge in [-0.05, 0) is 25.0 Å². The normalized spacial score (nSPS) is 12.0. The maximum Gasteiger partial charge on any atom is 0.145 e. The van der Waals surface area contributed by atoms with E-state index in [0.717, 1.165) is 23.6 Å². The van der Waals surface area contributed by atoms with Crippen LogP contribution < -0.4 is 14.8 Å². The van der Waals surface area contributed by atoms with Gasteiger partial charge in [0, 0.05) is 12.1 Å². The van der Waals surface area contributed by atoms with Crippen molar-refractivity contribution in [2.75, 3.05) is 19.5 Å². The Morgan fingerprint density at radius 1 is 1.18 bits per heavy atom. The van der Waals surface area contributed by atoms with Crippen molar-refractivity contribution in [3.05, 3.63) is 18.2 Å². The zero-order valence-electron chi connectivity index (χ0n) is 11.2. The number of hydrogen-bond donors (Lipinski definition) is 1. The average molecular weight is 237 g/mol. The van der Waals surface area contributed by atoms with Crippen LogP contribution in [-0.4, -0.2) is 20.3 Å². The second-order valence-corrected chi connectivity index (χ2v) is 4.10. The maximum absolute atomic E-state index is 5.37. The Hall–Kier alpha value is -1.38. The van der Waals surface area contributed by atoms with Gasteiger partial charge in [-0.1, -0.05) is 20.3 Å². The highest BCUT2D eigenvalue weighted by Gasteiger charge is 2.09. The van der Waals surface area contributed by atoms with Crippen LogP contribution in [-0.2, 0) is 0 Å². The first-order valence-electron chi connectivity index (χ1n) is 6.23. The third kappa shape index (κ3) is 3.84. The minimum absolute atomic E-state index is 0.502. The van der Waals surface area contributed by atoms with Gasteiger partial charge in [0.1, 0.15) is 11.5 Å². The summed E-state index contributed by atoms with van der Waals surface area (Å²) in [6.45, 7) is 4.40. The van der Waals surface area contributed by atoms with Crippen LogP contribution in [0.4, 0.5) is 5.69 Å². The summed E-state index contributed by atoms with van der Waals surface area (Å²) in [6, 6.07) is 6.36. The van der Waals surface area contributed by atoms with Crippen molar-refractivity contribution in [2.24, 2.45) is 0 Å². The SMILES string of the molecule is CCCC(CC)Nc1ccc(OC)cc1OC. The fourth-order valence-corrected chi connectivity index (χ4v) is 1.86. The summed E-state index contributed by atoms with van der Waals surface area (Å²) >= 11 is 0. The molecule has 1 rings (SSSR count). The maximum atomic E-state index is 5.37. The average Bonchev–Trinajstić information content (AvgIpc) is 2.38. The van der Waals surface area contributed by atoms with Crippen LogP contribution in [0.2, 0.25) is 0 Å². The molecule has 0 saturated carbocycles. The van der Waals surface area contributed by atoms with Gasteiger partial charge in [0.05, 0.1) is 19.9 Å². The summed E-state index contributed by atoms with van der Waals surface area (Å²) in [7, 11) is 3.34. The van der Waals surface area contributed by atoms with Crippen LogP contribution in [0.25, 0.3) is 0 Å². The summed E-state index contributed by atoms with van der Waals surface area (Å²) in [6.07, 6.45) is 3.47. The molecule has 17 heavy (non-hydrogen) atoms. The Kier molecular flexibility index (Phi) is 5.67. The molecule has 3 heteroatoms. The van der Waals surface area contributed by atoms with E-state index in [-0.39, 0.29) is 0 Å². The molecule has 0 bridgehead atoms. The molecule has 1 N–H and O–H groups in total. The van der Waals surface area contributed by atoms with Crippen LogP contribution in [0.15, 0.2) is 18.2 Å². The van der Waals surface area contributed by atoms with Gasteiger partial charge in [-0.3, -0.25) is 0 Å². The highest BCUT2D eigenvalue weighted by Crippen LogP contribution is 2.30. The van der Waals surface area contributed by atoms with Crippen LogP contribution in [0.5, 0.6) is 11.5 Å². The topological polar surface area (TPSA) is 30.5 Å². The number of methoxy groups -OCH3 is 2. The Morgan fingerprint density at radius 2 is 1.94 bits per heavy atom. The minimum atomic E-state index is 0.502. The Labute approximate surface area is 104 Å². The number of nitrogens with one attached hydrogen (secondary N) is 1. The van der Waals surface area contributed by atoms with Crippen LogP contribution in [0.1, 0.15) is 33.1 Å². The standard InChI is InChI=1S/C14H23NO2/c1-5-7-11(6-2)15-13-9-8-12(16-3)10-14(13)17-4/h8-11,15H,5-7H2,1-4H3. The Balaban J connectivity index is 2.81. The molecule has 0 aliphatic heterocycles. The predicted molar refractivity (Wildman–Crippen MR) is 72.2 cm³/mol. The number of rotatable bonds is 7. The van der Waals surface area contributed by atoms with E-state index in [1.165, 1.54) is 12.8 Å². The van der Waals surface area contributed by atoms with E-state index in [4.69, 9.17) is 9.47 Å². The number of anilines is 1. The Bertz CT molecular complexity index is 339. The minimum Gasteiger partial charge on any atom is -0.497 e. The quantitative estimate of drug-likeness (QED) is 0.784. The van der Waals surface area contributed by atoms with Crippen LogP contribution in [0, 0.1) is 0 Å². The zero-order valence-corrected chi connectivity index (χ0v) is 11.2. The molecule has 1 atom stereocenters. The lowest BCUT2D eigenvalue weighted by atomic mass is 10.1. The predicted octanol–water partition coefficient (Wildman–Crippen LogP) is 3.69. The number of hydrogen-bond acceptors (Lipinski definition) is 3. The monoisotopic (exact) mass is 237 g/mol. The van der Waals surface area contributed by atoms with E-state index in [2.05, 4.69) is 19.2 Å². The largest absolute Gasteiger partial charge is 0.497 e.